The number of alkyl halides is 3. The predicted octanol–water partition coefficient (Wildman–Crippen LogP) is 5.20. The molecule has 0 saturated heterocycles. The molecule has 0 aliphatic carbocycles. The zero-order valence-corrected chi connectivity index (χ0v) is 29.5. The fourth-order valence-electron chi connectivity index (χ4n) is 5.64. The molecule has 0 fully saturated rings. The van der Waals surface area contributed by atoms with Crippen LogP contribution in [0, 0.1) is 22.7 Å². The van der Waals surface area contributed by atoms with Gasteiger partial charge in [0.15, 0.2) is 11.0 Å². The first-order valence-electron chi connectivity index (χ1n) is 16.0. The largest absolute Gasteiger partial charge is 0.542 e. The van der Waals surface area contributed by atoms with E-state index in [9.17, 15) is 23.7 Å². The van der Waals surface area contributed by atoms with Crippen LogP contribution in [-0.2, 0) is 44.4 Å². The Morgan fingerprint density at radius 3 is 2.00 bits per heavy atom. The molecule has 0 aliphatic rings. The Morgan fingerprint density at radius 2 is 1.42 bits per heavy atom. The Bertz CT molecular complexity index is 2220. The zero-order chi connectivity index (χ0) is 37.3. The van der Waals surface area contributed by atoms with Gasteiger partial charge in [-0.15, -0.1) is 10.2 Å². The third-order valence-corrected chi connectivity index (χ3v) is 8.91. The lowest BCUT2D eigenvalue weighted by atomic mass is 10.1. The summed E-state index contributed by atoms with van der Waals surface area (Å²) < 4.78 is 39.4. The standard InChI is InChI=1S/C36H32BrN8.C2HF3O2/c1-42-33-4-2-3-5-34(33)45(23-31-12-8-29(21-39)9-13-31)36(42)25-43(19-18-27-14-16-32(37)17-15-27)24-35-41-40-26-44(35)22-30-10-6-28(20-38)7-11-30;3-2(4,5)1(6)7/h2-17,26H,18-19,22-25H2,1H3;(H,6,7)/q+1;/p-1. The number of benzene rings is 4. The maximum atomic E-state index is 10.5. The fourth-order valence-corrected chi connectivity index (χ4v) is 5.90. The molecular formula is C38H32BrF3N8O2. The van der Waals surface area contributed by atoms with Crippen molar-refractivity contribution in [2.45, 2.75) is 38.8 Å². The van der Waals surface area contributed by atoms with Crippen LogP contribution in [0.3, 0.4) is 0 Å². The summed E-state index contributed by atoms with van der Waals surface area (Å²) in [5.74, 6) is -0.949. The molecule has 0 saturated carbocycles. The van der Waals surface area contributed by atoms with Gasteiger partial charge in [-0.3, -0.25) is 4.90 Å². The average molecular weight is 770 g/mol. The van der Waals surface area contributed by atoms with Gasteiger partial charge in [0.25, 0.3) is 5.82 Å². The number of carbonyl (C=O) groups excluding carboxylic acids is 1. The maximum absolute atomic E-state index is 10.5. The highest BCUT2D eigenvalue weighted by Crippen LogP contribution is 2.20. The SMILES string of the molecule is C[n+]1c(CN(CCc2ccc(Br)cc2)Cc2nncn2Cc2ccc(C#N)cc2)n(Cc2ccc(C#N)cc2)c2ccccc21.O=C([O-])C(F)(F)F. The highest BCUT2D eigenvalue weighted by molar-refractivity contribution is 9.10. The van der Waals surface area contributed by atoms with Crippen LogP contribution in [0.1, 0.15) is 39.5 Å². The number of aromatic nitrogens is 5. The first-order valence-corrected chi connectivity index (χ1v) is 16.8. The summed E-state index contributed by atoms with van der Waals surface area (Å²) >= 11 is 3.55. The van der Waals surface area contributed by atoms with Gasteiger partial charge in [-0.2, -0.15) is 23.7 Å². The third-order valence-electron chi connectivity index (χ3n) is 8.38. The Kier molecular flexibility index (Phi) is 12.2. The molecular weight excluding hydrogens is 737 g/mol. The van der Waals surface area contributed by atoms with Crippen molar-refractivity contribution in [2.75, 3.05) is 6.54 Å². The molecule has 0 atom stereocenters. The number of nitriles is 2. The van der Waals surface area contributed by atoms with Crippen LogP contribution in [0.25, 0.3) is 11.0 Å². The second kappa shape index (κ2) is 16.9. The lowest BCUT2D eigenvalue weighted by Crippen LogP contribution is -2.38. The summed E-state index contributed by atoms with van der Waals surface area (Å²) in [7, 11) is 2.13. The van der Waals surface area contributed by atoms with Crippen LogP contribution in [-0.4, -0.2) is 42.9 Å². The molecule has 6 aromatic rings. The fraction of sp³-hybridized carbons (Fsp3) is 0.211. The molecule has 2 heterocycles. The number of halogens is 4. The first-order chi connectivity index (χ1) is 24.9. The van der Waals surface area contributed by atoms with Gasteiger partial charge in [-0.1, -0.05) is 64.5 Å². The van der Waals surface area contributed by atoms with Crippen molar-refractivity contribution >= 4 is 32.9 Å². The summed E-state index contributed by atoms with van der Waals surface area (Å²) in [6.45, 7) is 3.45. The number of carbonyl (C=O) groups is 1. The number of rotatable bonds is 11. The minimum Gasteiger partial charge on any atom is -0.542 e. The van der Waals surface area contributed by atoms with Gasteiger partial charge in [-0.05, 0) is 71.6 Å². The summed E-state index contributed by atoms with van der Waals surface area (Å²) in [6, 6.07) is 36.9. The smallest absolute Gasteiger partial charge is 0.430 e. The number of carboxylic acid groups (broad SMARTS) is 1. The van der Waals surface area contributed by atoms with Crippen LogP contribution in [0.4, 0.5) is 13.2 Å². The molecule has 6 rings (SSSR count). The molecule has 0 spiro atoms. The highest BCUT2D eigenvalue weighted by atomic mass is 79.9. The summed E-state index contributed by atoms with van der Waals surface area (Å²) in [6.07, 6.45) is -2.53. The van der Waals surface area contributed by atoms with Crippen LogP contribution in [0.2, 0.25) is 0 Å². The van der Waals surface area contributed by atoms with E-state index >= 15 is 0 Å². The molecule has 2 aromatic heterocycles. The van der Waals surface area contributed by atoms with E-state index in [1.54, 1.807) is 6.33 Å². The van der Waals surface area contributed by atoms with Gasteiger partial charge in [0.1, 0.15) is 31.2 Å². The van der Waals surface area contributed by atoms with Crippen molar-refractivity contribution in [3.63, 3.8) is 0 Å². The van der Waals surface area contributed by atoms with Gasteiger partial charge in [-0.25, -0.2) is 9.13 Å². The number of aliphatic carboxylic acids is 1. The van der Waals surface area contributed by atoms with Crippen LogP contribution in [0.5, 0.6) is 0 Å². The molecule has 0 bridgehead atoms. The van der Waals surface area contributed by atoms with Gasteiger partial charge in [0.05, 0.1) is 43.4 Å². The number of nitrogens with zero attached hydrogens (tertiary/aromatic N) is 8. The molecule has 264 valence electrons. The van der Waals surface area contributed by atoms with E-state index in [0.29, 0.717) is 37.3 Å². The molecule has 10 nitrogen and oxygen atoms in total. The number of fused-ring (bicyclic) bond motifs is 1. The summed E-state index contributed by atoms with van der Waals surface area (Å²) in [5, 5.41) is 36.1. The van der Waals surface area contributed by atoms with Gasteiger partial charge >= 0.3 is 6.18 Å². The summed E-state index contributed by atoms with van der Waals surface area (Å²) in [4.78, 5) is 11.2. The Labute approximate surface area is 306 Å². The van der Waals surface area contributed by atoms with E-state index < -0.39 is 12.1 Å². The van der Waals surface area contributed by atoms with Crippen molar-refractivity contribution in [3.8, 4) is 12.1 Å². The molecule has 4 aromatic carbocycles. The normalized spacial score (nSPS) is 11.2. The maximum Gasteiger partial charge on any atom is 0.430 e. The van der Waals surface area contributed by atoms with Crippen molar-refractivity contribution in [2.24, 2.45) is 7.05 Å². The van der Waals surface area contributed by atoms with E-state index in [1.807, 2.05) is 48.5 Å². The van der Waals surface area contributed by atoms with Gasteiger partial charge < -0.3 is 14.5 Å². The van der Waals surface area contributed by atoms with Crippen LogP contribution < -0.4 is 9.67 Å². The summed E-state index contributed by atoms with van der Waals surface area (Å²) in [5.41, 5.74) is 7.13. The molecule has 0 unspecified atom stereocenters. The van der Waals surface area contributed by atoms with E-state index in [-0.39, 0.29) is 0 Å². The second-order valence-electron chi connectivity index (χ2n) is 11.9. The van der Waals surface area contributed by atoms with E-state index in [1.165, 1.54) is 11.4 Å². The molecule has 0 aliphatic heterocycles. The third kappa shape index (κ3) is 9.69. The first kappa shape index (κ1) is 37.4. The monoisotopic (exact) mass is 768 g/mol. The average Bonchev–Trinajstić information content (AvgIpc) is 3.68. The number of hydrogen-bond acceptors (Lipinski definition) is 7. The number of aryl methyl sites for hydroxylation is 1. The minimum atomic E-state index is -5.19. The number of para-hydroxylation sites is 2. The van der Waals surface area contributed by atoms with Gasteiger partial charge in [0, 0.05) is 11.0 Å². The van der Waals surface area contributed by atoms with Crippen LogP contribution in [0.15, 0.2) is 108 Å². The number of imidazole rings is 1. The minimum absolute atomic E-state index is 0.616. The van der Waals surface area contributed by atoms with Crippen molar-refractivity contribution in [3.05, 3.63) is 147 Å². The molecule has 0 radical (unpaired) electrons. The van der Waals surface area contributed by atoms with E-state index in [4.69, 9.17) is 9.90 Å². The Morgan fingerprint density at radius 1 is 0.865 bits per heavy atom. The van der Waals surface area contributed by atoms with E-state index in [0.717, 1.165) is 45.4 Å². The number of carboxylic acids is 1. The molecule has 0 amide bonds. The molecule has 52 heavy (non-hydrogen) atoms. The Hall–Kier alpha value is -5.83. The van der Waals surface area contributed by atoms with Crippen molar-refractivity contribution < 1.29 is 27.6 Å². The molecule has 0 N–H and O–H groups in total. The predicted molar refractivity (Wildman–Crippen MR) is 187 cm³/mol. The Balaban J connectivity index is 0.000000679. The van der Waals surface area contributed by atoms with Crippen molar-refractivity contribution in [1.29, 1.82) is 10.5 Å². The van der Waals surface area contributed by atoms with Crippen molar-refractivity contribution in [1.82, 2.24) is 24.2 Å². The molecule has 14 heteroatoms. The highest BCUT2D eigenvalue weighted by Gasteiger charge is 2.29. The second-order valence-corrected chi connectivity index (χ2v) is 12.8. The zero-order valence-electron chi connectivity index (χ0n) is 28.0. The van der Waals surface area contributed by atoms with Crippen LogP contribution >= 0.6 is 15.9 Å². The lowest BCUT2D eigenvalue weighted by Gasteiger charge is -2.21. The topological polar surface area (TPSA) is 130 Å². The van der Waals surface area contributed by atoms with Gasteiger partial charge in [0.2, 0.25) is 0 Å². The lowest BCUT2D eigenvalue weighted by molar-refractivity contribution is -0.655. The van der Waals surface area contributed by atoms with E-state index in [2.05, 4.69) is 112 Å². The number of hydrogen-bond donors (Lipinski definition) is 0. The quantitative estimate of drug-likeness (QED) is 0.166.